The molecule has 0 fully saturated rings. The number of aromatic amines is 1. The average Bonchev–Trinajstić information content (AvgIpc) is 3.36. The minimum Gasteiger partial charge on any atom is -0.368 e. The van der Waals surface area contributed by atoms with E-state index in [9.17, 15) is 14.9 Å². The van der Waals surface area contributed by atoms with Gasteiger partial charge in [-0.1, -0.05) is 23.2 Å². The second-order valence-corrected chi connectivity index (χ2v) is 8.22. The minimum atomic E-state index is -0.613. The molecule has 0 spiro atoms. The van der Waals surface area contributed by atoms with Crippen molar-refractivity contribution in [3.05, 3.63) is 69.1 Å². The lowest BCUT2D eigenvalue weighted by Crippen LogP contribution is -2.17. The Balaban J connectivity index is 1.49. The van der Waals surface area contributed by atoms with E-state index in [2.05, 4.69) is 40.9 Å². The Bertz CT molecular complexity index is 1410. The van der Waals surface area contributed by atoms with Gasteiger partial charge in [0.25, 0.3) is 0 Å². The number of carbonyl (C=O) groups excluding carboxylic acids is 1. The highest BCUT2D eigenvalue weighted by molar-refractivity contribution is 6.36. The third kappa shape index (κ3) is 5.85. The number of anilines is 3. The highest BCUT2D eigenvalue weighted by Gasteiger charge is 2.18. The number of amides is 1. The zero-order valence-corrected chi connectivity index (χ0v) is 20.3. The zero-order valence-electron chi connectivity index (χ0n) is 18.7. The van der Waals surface area contributed by atoms with Crippen LogP contribution in [0, 0.1) is 10.1 Å². The van der Waals surface area contributed by atoms with Crippen LogP contribution >= 0.6 is 23.2 Å². The van der Waals surface area contributed by atoms with Gasteiger partial charge in [-0.2, -0.15) is 0 Å². The van der Waals surface area contributed by atoms with E-state index >= 15 is 0 Å². The van der Waals surface area contributed by atoms with Crippen LogP contribution in [0.4, 0.5) is 23.3 Å². The van der Waals surface area contributed by atoms with Crippen LogP contribution in [0.2, 0.25) is 10.0 Å². The molecule has 14 heteroatoms. The van der Waals surface area contributed by atoms with E-state index < -0.39 is 10.8 Å². The summed E-state index contributed by atoms with van der Waals surface area (Å²) >= 11 is 12.5. The van der Waals surface area contributed by atoms with Crippen LogP contribution in [-0.2, 0) is 4.79 Å². The molecule has 1 amide bonds. The molecule has 0 aliphatic heterocycles. The normalized spacial score (nSPS) is 10.6. The molecular formula is C22H19Cl2N9O3. The SMILES string of the molecule is CC(=O)Nc1nc(NCCNc2ncc(-c3ncc[nH]3)c(-c3ccc(Cl)cc3Cl)n2)ccc1[N+](=O)[O-]. The van der Waals surface area contributed by atoms with E-state index in [4.69, 9.17) is 23.2 Å². The van der Waals surface area contributed by atoms with Crippen molar-refractivity contribution in [2.45, 2.75) is 6.92 Å². The number of H-pyrrole nitrogens is 1. The molecule has 4 N–H and O–H groups in total. The van der Waals surface area contributed by atoms with E-state index in [1.165, 1.54) is 19.1 Å². The molecule has 4 rings (SSSR count). The van der Waals surface area contributed by atoms with E-state index in [1.54, 1.807) is 36.8 Å². The molecule has 0 saturated heterocycles. The quantitative estimate of drug-likeness (QED) is 0.138. The van der Waals surface area contributed by atoms with Gasteiger partial charge in [-0.15, -0.1) is 0 Å². The number of nitro groups is 1. The number of halogens is 2. The number of rotatable bonds is 9. The highest BCUT2D eigenvalue weighted by atomic mass is 35.5. The fourth-order valence-corrected chi connectivity index (χ4v) is 3.76. The van der Waals surface area contributed by atoms with Gasteiger partial charge in [0.1, 0.15) is 11.6 Å². The van der Waals surface area contributed by atoms with Crippen LogP contribution in [0.3, 0.4) is 0 Å². The number of benzene rings is 1. The highest BCUT2D eigenvalue weighted by Crippen LogP contribution is 2.35. The number of nitrogens with zero attached hydrogens (tertiary/aromatic N) is 5. The van der Waals surface area contributed by atoms with E-state index in [0.717, 1.165) is 0 Å². The van der Waals surface area contributed by atoms with Gasteiger partial charge in [0.05, 0.1) is 21.2 Å². The van der Waals surface area contributed by atoms with Crippen molar-refractivity contribution < 1.29 is 9.72 Å². The molecule has 12 nitrogen and oxygen atoms in total. The van der Waals surface area contributed by atoms with Crippen molar-refractivity contribution in [2.75, 3.05) is 29.0 Å². The first-order valence-electron chi connectivity index (χ1n) is 10.5. The average molecular weight is 528 g/mol. The van der Waals surface area contributed by atoms with E-state index in [1.807, 2.05) is 0 Å². The number of nitrogens with one attached hydrogen (secondary N) is 4. The minimum absolute atomic E-state index is 0.133. The monoisotopic (exact) mass is 527 g/mol. The standard InChI is InChI=1S/C22H19Cl2N9O3/c1-12(34)30-21-17(33(35)36)4-5-18(31-21)25-6-9-28-22-29-11-15(20-26-7-8-27-20)19(32-22)14-3-2-13(23)10-16(14)24/h2-5,7-8,10-11H,6,9H2,1H3,(H,26,27)(H,28,29,32)(H2,25,30,31,34). The van der Waals surface area contributed by atoms with Crippen LogP contribution < -0.4 is 16.0 Å². The summed E-state index contributed by atoms with van der Waals surface area (Å²) in [6, 6.07) is 7.86. The largest absolute Gasteiger partial charge is 0.368 e. The Kier molecular flexibility index (Phi) is 7.56. The van der Waals surface area contributed by atoms with Gasteiger partial charge >= 0.3 is 5.69 Å². The van der Waals surface area contributed by atoms with Crippen molar-refractivity contribution in [3.8, 4) is 22.6 Å². The summed E-state index contributed by atoms with van der Waals surface area (Å²) in [5.41, 5.74) is 1.59. The van der Waals surface area contributed by atoms with E-state index in [-0.39, 0.29) is 11.5 Å². The third-order valence-corrected chi connectivity index (χ3v) is 5.36. The van der Waals surface area contributed by atoms with Crippen molar-refractivity contribution in [3.63, 3.8) is 0 Å². The third-order valence-electron chi connectivity index (χ3n) is 4.81. The zero-order chi connectivity index (χ0) is 25.7. The van der Waals surface area contributed by atoms with Crippen LogP contribution in [0.5, 0.6) is 0 Å². The summed E-state index contributed by atoms with van der Waals surface area (Å²) in [7, 11) is 0. The summed E-state index contributed by atoms with van der Waals surface area (Å²) in [5.74, 6) is 0.698. The first-order chi connectivity index (χ1) is 17.3. The molecule has 0 aliphatic rings. The second-order valence-electron chi connectivity index (χ2n) is 7.37. The summed E-state index contributed by atoms with van der Waals surface area (Å²) in [6.07, 6.45) is 4.97. The number of carbonyl (C=O) groups is 1. The van der Waals surface area contributed by atoms with Crippen LogP contribution in [-0.4, -0.2) is 48.8 Å². The Hall–Kier alpha value is -4.29. The molecule has 184 valence electrons. The predicted octanol–water partition coefficient (Wildman–Crippen LogP) is 4.63. The molecule has 3 aromatic heterocycles. The van der Waals surface area contributed by atoms with Crippen molar-refractivity contribution in [1.82, 2.24) is 24.9 Å². The fourth-order valence-electron chi connectivity index (χ4n) is 3.26. The van der Waals surface area contributed by atoms with Crippen LogP contribution in [0.25, 0.3) is 22.6 Å². The lowest BCUT2D eigenvalue weighted by atomic mass is 10.1. The molecule has 0 atom stereocenters. The van der Waals surface area contributed by atoms with Gasteiger partial charge in [0.15, 0.2) is 0 Å². The molecular weight excluding hydrogens is 509 g/mol. The lowest BCUT2D eigenvalue weighted by Gasteiger charge is -2.12. The Morgan fingerprint density at radius 1 is 1.08 bits per heavy atom. The smallest absolute Gasteiger partial charge is 0.311 e. The van der Waals surface area contributed by atoms with Gasteiger partial charge in [-0.3, -0.25) is 14.9 Å². The Morgan fingerprint density at radius 3 is 2.58 bits per heavy atom. The molecule has 4 aromatic rings. The number of aromatic nitrogens is 5. The maximum Gasteiger partial charge on any atom is 0.311 e. The number of hydrogen-bond acceptors (Lipinski definition) is 9. The van der Waals surface area contributed by atoms with Crippen molar-refractivity contribution in [1.29, 1.82) is 0 Å². The van der Waals surface area contributed by atoms with E-state index in [0.29, 0.717) is 57.5 Å². The van der Waals surface area contributed by atoms with Crippen LogP contribution in [0.1, 0.15) is 6.92 Å². The van der Waals surface area contributed by atoms with Crippen molar-refractivity contribution >= 4 is 52.4 Å². The number of pyridine rings is 1. The molecule has 0 radical (unpaired) electrons. The molecule has 0 bridgehead atoms. The molecule has 36 heavy (non-hydrogen) atoms. The van der Waals surface area contributed by atoms with Crippen LogP contribution in [0.15, 0.2) is 48.9 Å². The summed E-state index contributed by atoms with van der Waals surface area (Å²) in [6.45, 7) is 2.02. The van der Waals surface area contributed by atoms with Crippen molar-refractivity contribution in [2.24, 2.45) is 0 Å². The van der Waals surface area contributed by atoms with Gasteiger partial charge < -0.3 is 20.9 Å². The summed E-state index contributed by atoms with van der Waals surface area (Å²) in [4.78, 5) is 42.3. The summed E-state index contributed by atoms with van der Waals surface area (Å²) < 4.78 is 0. The van der Waals surface area contributed by atoms with Gasteiger partial charge in [-0.25, -0.2) is 19.9 Å². The predicted molar refractivity (Wildman–Crippen MR) is 137 cm³/mol. The number of imidazole rings is 1. The van der Waals surface area contributed by atoms with Gasteiger partial charge in [0.2, 0.25) is 17.7 Å². The lowest BCUT2D eigenvalue weighted by molar-refractivity contribution is -0.384. The first-order valence-corrected chi connectivity index (χ1v) is 11.3. The topological polar surface area (TPSA) is 164 Å². The molecule has 0 saturated carbocycles. The molecule has 0 aliphatic carbocycles. The Morgan fingerprint density at radius 2 is 1.89 bits per heavy atom. The number of hydrogen-bond donors (Lipinski definition) is 4. The summed E-state index contributed by atoms with van der Waals surface area (Å²) in [5, 5.41) is 20.6. The molecule has 1 aromatic carbocycles. The maximum absolute atomic E-state index is 11.3. The van der Waals surface area contributed by atoms with Gasteiger partial charge in [0, 0.05) is 55.3 Å². The first kappa shape index (κ1) is 24.8. The maximum atomic E-state index is 11.3. The second kappa shape index (κ2) is 11.0. The fraction of sp³-hybridized carbons (Fsp3) is 0.136. The molecule has 0 unspecified atom stereocenters. The Labute approximate surface area is 214 Å². The molecule has 3 heterocycles. The van der Waals surface area contributed by atoms with Gasteiger partial charge in [-0.05, 0) is 24.3 Å².